The Labute approximate surface area is 333 Å². The van der Waals surface area contributed by atoms with E-state index in [2.05, 4.69) is 29.8 Å². The Hall–Kier alpha value is -2.25. The summed E-state index contributed by atoms with van der Waals surface area (Å²) in [6.45, 7) is 5.24. The highest BCUT2D eigenvalue weighted by Gasteiger charge is 2.18. The zero-order valence-corrected chi connectivity index (χ0v) is 35.6. The van der Waals surface area contributed by atoms with Crippen LogP contribution < -0.4 is 16.0 Å². The molecule has 0 aliphatic heterocycles. The number of carbonyl (C=O) groups excluding carboxylic acids is 5. The number of unbranched alkanes of at least 4 members (excludes halogenated alkanes) is 28. The number of ketones is 1. The van der Waals surface area contributed by atoms with Crippen molar-refractivity contribution >= 4 is 29.8 Å². The van der Waals surface area contributed by atoms with E-state index < -0.39 is 5.92 Å². The van der Waals surface area contributed by atoms with Crippen LogP contribution in [0, 0.1) is 5.92 Å². The predicted molar refractivity (Wildman–Crippen MR) is 227 cm³/mol. The maximum absolute atomic E-state index is 12.5. The molecule has 1 unspecified atom stereocenters. The lowest BCUT2D eigenvalue weighted by Crippen LogP contribution is -2.33. The van der Waals surface area contributed by atoms with Crippen molar-refractivity contribution in [1.82, 2.24) is 16.0 Å². The van der Waals surface area contributed by atoms with Crippen LogP contribution in [-0.4, -0.2) is 49.4 Å². The maximum atomic E-state index is 12.5. The third-order valence-corrected chi connectivity index (χ3v) is 10.7. The van der Waals surface area contributed by atoms with Crippen LogP contribution in [0.2, 0.25) is 0 Å². The van der Waals surface area contributed by atoms with Crippen LogP contribution in [0.1, 0.15) is 239 Å². The van der Waals surface area contributed by atoms with Crippen molar-refractivity contribution in [2.75, 3.05) is 19.6 Å². The average molecular weight is 762 g/mol. The third kappa shape index (κ3) is 38.0. The van der Waals surface area contributed by atoms with Gasteiger partial charge in [0.15, 0.2) is 0 Å². The van der Waals surface area contributed by atoms with E-state index in [0.717, 1.165) is 32.1 Å². The van der Waals surface area contributed by atoms with Crippen LogP contribution >= 0.6 is 0 Å². The van der Waals surface area contributed by atoms with Crippen LogP contribution in [0.15, 0.2) is 0 Å². The summed E-state index contributed by atoms with van der Waals surface area (Å²) in [5.74, 6) is -1.31. The minimum Gasteiger partial charge on any atom is -0.356 e. The molecule has 0 fully saturated rings. The molecule has 3 amide bonds. The van der Waals surface area contributed by atoms with E-state index in [0.29, 0.717) is 19.1 Å². The molecule has 0 aliphatic carbocycles. The van der Waals surface area contributed by atoms with Gasteiger partial charge in [-0.15, -0.1) is 0 Å². The molecule has 0 radical (unpaired) electrons. The van der Waals surface area contributed by atoms with Crippen molar-refractivity contribution in [3.05, 3.63) is 0 Å². The van der Waals surface area contributed by atoms with Gasteiger partial charge >= 0.3 is 0 Å². The van der Waals surface area contributed by atoms with Gasteiger partial charge in [-0.25, -0.2) is 0 Å². The normalized spacial score (nSPS) is 11.7. The first kappa shape index (κ1) is 51.8. The zero-order chi connectivity index (χ0) is 39.6. The fourth-order valence-electron chi connectivity index (χ4n) is 7.08. The molecule has 54 heavy (non-hydrogen) atoms. The van der Waals surface area contributed by atoms with Crippen molar-refractivity contribution in [2.24, 2.45) is 5.92 Å². The second-order valence-electron chi connectivity index (χ2n) is 15.9. The average Bonchev–Trinajstić information content (AvgIpc) is 3.16. The van der Waals surface area contributed by atoms with Gasteiger partial charge in [-0.1, -0.05) is 194 Å². The summed E-state index contributed by atoms with van der Waals surface area (Å²) >= 11 is 0. The summed E-state index contributed by atoms with van der Waals surface area (Å²) in [5, 5.41) is 8.36. The molecule has 0 aromatic rings. The van der Waals surface area contributed by atoms with Gasteiger partial charge in [-0.2, -0.15) is 0 Å². The van der Waals surface area contributed by atoms with Gasteiger partial charge in [0, 0.05) is 45.3 Å². The highest BCUT2D eigenvalue weighted by Crippen LogP contribution is 2.15. The first-order valence-corrected chi connectivity index (χ1v) is 23.2. The summed E-state index contributed by atoms with van der Waals surface area (Å²) in [7, 11) is 0. The zero-order valence-electron chi connectivity index (χ0n) is 35.6. The van der Waals surface area contributed by atoms with Crippen molar-refractivity contribution in [3.8, 4) is 0 Å². The summed E-state index contributed by atoms with van der Waals surface area (Å²) in [5.41, 5.74) is 0. The molecule has 8 nitrogen and oxygen atoms in total. The summed E-state index contributed by atoms with van der Waals surface area (Å²) in [6, 6.07) is 0. The Balaban J connectivity index is 3.63. The first-order chi connectivity index (χ1) is 26.4. The largest absolute Gasteiger partial charge is 0.356 e. The number of hydrogen-bond acceptors (Lipinski definition) is 5. The Kier molecular flexibility index (Phi) is 40.2. The summed E-state index contributed by atoms with van der Waals surface area (Å²) in [4.78, 5) is 60.5. The fraction of sp³-hybridized carbons (Fsp3) is 0.891. The number of nitrogens with one attached hydrogen (secondary N) is 3. The molecule has 0 aliphatic rings. The number of carbonyl (C=O) groups is 5. The second-order valence-corrected chi connectivity index (χ2v) is 15.9. The molecule has 0 heterocycles. The molecule has 8 heteroatoms. The van der Waals surface area contributed by atoms with Gasteiger partial charge in [0.2, 0.25) is 17.7 Å². The van der Waals surface area contributed by atoms with E-state index in [1.165, 1.54) is 161 Å². The first-order valence-electron chi connectivity index (χ1n) is 23.2. The molecule has 3 N–H and O–H groups in total. The van der Waals surface area contributed by atoms with E-state index in [9.17, 15) is 24.0 Å². The van der Waals surface area contributed by atoms with Gasteiger partial charge in [-0.05, 0) is 19.3 Å². The quantitative estimate of drug-likeness (QED) is 0.0324. The van der Waals surface area contributed by atoms with Gasteiger partial charge in [0.05, 0.1) is 5.92 Å². The van der Waals surface area contributed by atoms with Crippen molar-refractivity contribution in [1.29, 1.82) is 0 Å². The van der Waals surface area contributed by atoms with Gasteiger partial charge in [0.25, 0.3) is 0 Å². The van der Waals surface area contributed by atoms with Crippen LogP contribution in [0.3, 0.4) is 0 Å². The van der Waals surface area contributed by atoms with Gasteiger partial charge < -0.3 is 20.7 Å². The number of rotatable bonds is 43. The van der Waals surface area contributed by atoms with E-state index in [-0.39, 0.29) is 62.4 Å². The topological polar surface area (TPSA) is 121 Å². The number of amides is 3. The van der Waals surface area contributed by atoms with Gasteiger partial charge in [-0.3, -0.25) is 19.2 Å². The lowest BCUT2D eigenvalue weighted by molar-refractivity contribution is -0.128. The van der Waals surface area contributed by atoms with Crippen molar-refractivity contribution in [2.45, 2.75) is 239 Å². The van der Waals surface area contributed by atoms with Gasteiger partial charge in [0.1, 0.15) is 12.1 Å². The Morgan fingerprint density at radius 2 is 0.648 bits per heavy atom. The fourth-order valence-corrected chi connectivity index (χ4v) is 7.08. The van der Waals surface area contributed by atoms with Crippen molar-refractivity contribution < 1.29 is 24.0 Å². The standard InChI is InChI=1S/C46H87N3O5/c1-3-5-7-9-11-13-15-17-19-21-23-25-27-29-31-33-44(52)47-38-35-42(41-50)43(51)36-39-48-46(54)37-40-49-45(53)34-32-30-28-26-24-22-20-18-16-14-12-10-8-6-4-2/h41-42H,3-40H2,1-2H3,(H,47,52)(H,48,54)(H,49,53). The van der Waals surface area contributed by atoms with E-state index in [1.54, 1.807) is 0 Å². The third-order valence-electron chi connectivity index (χ3n) is 10.7. The molecule has 0 saturated carbocycles. The Morgan fingerprint density at radius 1 is 0.370 bits per heavy atom. The molecule has 316 valence electrons. The summed E-state index contributed by atoms with van der Waals surface area (Å²) in [6.07, 6.45) is 40.7. The van der Waals surface area contributed by atoms with Crippen LogP contribution in [0.25, 0.3) is 0 Å². The highest BCUT2D eigenvalue weighted by atomic mass is 16.2. The van der Waals surface area contributed by atoms with E-state index in [4.69, 9.17) is 0 Å². The maximum Gasteiger partial charge on any atom is 0.221 e. The molecule has 0 bridgehead atoms. The van der Waals surface area contributed by atoms with Crippen LogP contribution in [0.5, 0.6) is 0 Å². The highest BCUT2D eigenvalue weighted by molar-refractivity contribution is 5.93. The lowest BCUT2D eigenvalue weighted by atomic mass is 9.99. The molecule has 0 aromatic carbocycles. The minimum atomic E-state index is -0.785. The van der Waals surface area contributed by atoms with E-state index >= 15 is 0 Å². The molecule has 0 aromatic heterocycles. The molecule has 1 atom stereocenters. The van der Waals surface area contributed by atoms with Crippen LogP contribution in [0.4, 0.5) is 0 Å². The monoisotopic (exact) mass is 762 g/mol. The molecule has 0 spiro atoms. The smallest absolute Gasteiger partial charge is 0.221 e. The molecular formula is C46H87N3O5. The summed E-state index contributed by atoms with van der Waals surface area (Å²) < 4.78 is 0. The minimum absolute atomic E-state index is 0.0246. The van der Waals surface area contributed by atoms with Crippen LogP contribution in [-0.2, 0) is 24.0 Å². The second kappa shape index (κ2) is 41.9. The number of aldehydes is 1. The molecule has 0 rings (SSSR count). The Morgan fingerprint density at radius 3 is 0.981 bits per heavy atom. The Bertz CT molecular complexity index is 896. The number of Topliss-reactive ketones (excluding diaryl/α,β-unsaturated/α-hetero) is 1. The SMILES string of the molecule is CCCCCCCCCCCCCCCCCC(=O)NCCC(=O)NCCC(=O)C(C=O)CCNC(=O)CCCCCCCCCCCCCCCCC. The van der Waals surface area contributed by atoms with Crippen molar-refractivity contribution in [3.63, 3.8) is 0 Å². The lowest BCUT2D eigenvalue weighted by Gasteiger charge is -2.11. The van der Waals surface area contributed by atoms with E-state index in [1.807, 2.05) is 0 Å². The number of hydrogen-bond donors (Lipinski definition) is 3. The molecular weight excluding hydrogens is 675 g/mol. The predicted octanol–water partition coefficient (Wildman–Crippen LogP) is 11.4. The molecule has 0 saturated heterocycles.